The van der Waals surface area contributed by atoms with E-state index in [-0.39, 0.29) is 17.5 Å². The van der Waals surface area contributed by atoms with Gasteiger partial charge in [-0.3, -0.25) is 4.90 Å². The number of rotatable bonds is 3. The molecule has 176 valence electrons. The Morgan fingerprint density at radius 3 is 2.64 bits per heavy atom. The van der Waals surface area contributed by atoms with Crippen molar-refractivity contribution in [1.29, 1.82) is 0 Å². The van der Waals surface area contributed by atoms with E-state index in [9.17, 15) is 23.1 Å². The minimum atomic E-state index is -4.82. The minimum Gasteiger partial charge on any atom is -0.441 e. The van der Waals surface area contributed by atoms with Crippen molar-refractivity contribution in [2.45, 2.75) is 37.3 Å². The fourth-order valence-corrected chi connectivity index (χ4v) is 4.32. The molecule has 4 heterocycles. The Morgan fingerprint density at radius 1 is 1.15 bits per heavy atom. The number of carbonyl (C=O) groups is 1. The molecule has 2 aromatic rings. The van der Waals surface area contributed by atoms with Gasteiger partial charge in [-0.05, 0) is 12.8 Å². The molecule has 1 unspecified atom stereocenters. The standard InChI is InChI=1S/C19H20F3N7O4/c20-19(21,22)15-9(8-24-16(23)27-15)10-7-13(26-17(25-10)28-3-5-32-6-4-28)29-11-1-2-12(30)14(11)33-18(29)31/h7-8,11-12,14,30H,1-6H2,(H2,23,24,27)/t11?,12-,14-/m0/s1. The highest BCUT2D eigenvalue weighted by molar-refractivity contribution is 5.91. The molecule has 3 N–H and O–H groups in total. The number of anilines is 3. The van der Waals surface area contributed by atoms with Gasteiger partial charge in [0.15, 0.2) is 11.8 Å². The second-order valence-electron chi connectivity index (χ2n) is 7.93. The molecule has 2 aliphatic heterocycles. The highest BCUT2D eigenvalue weighted by Gasteiger charge is 2.51. The Bertz CT molecular complexity index is 1080. The van der Waals surface area contributed by atoms with E-state index < -0.39 is 47.7 Å². The molecule has 3 atom stereocenters. The number of alkyl halides is 3. The lowest BCUT2D eigenvalue weighted by atomic mass is 10.1. The highest BCUT2D eigenvalue weighted by atomic mass is 19.4. The summed E-state index contributed by atoms with van der Waals surface area (Å²) in [6, 6.07) is 0.778. The van der Waals surface area contributed by atoms with Crippen LogP contribution in [-0.2, 0) is 15.7 Å². The van der Waals surface area contributed by atoms with Crippen molar-refractivity contribution in [1.82, 2.24) is 19.9 Å². The third-order valence-corrected chi connectivity index (χ3v) is 5.88. The molecule has 1 saturated carbocycles. The van der Waals surface area contributed by atoms with Crippen LogP contribution in [-0.4, -0.2) is 75.7 Å². The summed E-state index contributed by atoms with van der Waals surface area (Å²) in [5, 5.41) is 10.1. The van der Waals surface area contributed by atoms with E-state index in [1.807, 2.05) is 0 Å². The van der Waals surface area contributed by atoms with Gasteiger partial charge in [-0.1, -0.05) is 0 Å². The highest BCUT2D eigenvalue weighted by Crippen LogP contribution is 2.40. The summed E-state index contributed by atoms with van der Waals surface area (Å²) < 4.78 is 51.8. The summed E-state index contributed by atoms with van der Waals surface area (Å²) in [7, 11) is 0. The molecule has 0 radical (unpaired) electrons. The lowest BCUT2D eigenvalue weighted by molar-refractivity contribution is -0.140. The number of amides is 1. The first kappa shape index (κ1) is 21.6. The van der Waals surface area contributed by atoms with Crippen LogP contribution in [0.4, 0.5) is 35.7 Å². The molecule has 2 saturated heterocycles. The van der Waals surface area contributed by atoms with Gasteiger partial charge < -0.3 is 25.2 Å². The summed E-state index contributed by atoms with van der Waals surface area (Å²) in [6.45, 7) is 1.62. The van der Waals surface area contributed by atoms with Crippen LogP contribution in [0.25, 0.3) is 11.3 Å². The summed E-state index contributed by atoms with van der Waals surface area (Å²) in [6.07, 6.45) is -5.25. The van der Waals surface area contributed by atoms with E-state index in [1.54, 1.807) is 4.90 Å². The number of hydrogen-bond donors (Lipinski definition) is 2. The smallest absolute Gasteiger partial charge is 0.434 e. The summed E-state index contributed by atoms with van der Waals surface area (Å²) in [4.78, 5) is 31.5. The van der Waals surface area contributed by atoms with Gasteiger partial charge >= 0.3 is 12.3 Å². The number of nitrogen functional groups attached to an aromatic ring is 1. The average Bonchev–Trinajstić information content (AvgIpc) is 3.31. The minimum absolute atomic E-state index is 0.0676. The first-order valence-corrected chi connectivity index (χ1v) is 10.3. The molecule has 3 fully saturated rings. The Labute approximate surface area is 185 Å². The number of hydrogen-bond acceptors (Lipinski definition) is 10. The van der Waals surface area contributed by atoms with Gasteiger partial charge in [-0.25, -0.2) is 19.7 Å². The molecular weight excluding hydrogens is 447 g/mol. The summed E-state index contributed by atoms with van der Waals surface area (Å²) in [5.74, 6) is -0.330. The number of fused-ring (bicyclic) bond motifs is 1. The number of aliphatic hydroxyl groups excluding tert-OH is 1. The van der Waals surface area contributed by atoms with Gasteiger partial charge in [-0.2, -0.15) is 18.2 Å². The fraction of sp³-hybridized carbons (Fsp3) is 0.526. The molecule has 1 aliphatic carbocycles. The quantitative estimate of drug-likeness (QED) is 0.677. The number of nitrogens with zero attached hydrogens (tertiary/aromatic N) is 6. The van der Waals surface area contributed by atoms with Gasteiger partial charge in [0.25, 0.3) is 0 Å². The predicted molar refractivity (Wildman–Crippen MR) is 107 cm³/mol. The molecular formula is C19H20F3N7O4. The number of ether oxygens (including phenoxy) is 2. The SMILES string of the molecule is Nc1ncc(-c2cc(N3C(=O)O[C@H]4C3CC[C@@H]4O)nc(N3CCOCC3)n2)c(C(F)(F)F)n1. The van der Waals surface area contributed by atoms with Crippen LogP contribution in [0.5, 0.6) is 0 Å². The molecule has 11 nitrogen and oxygen atoms in total. The molecule has 0 spiro atoms. The van der Waals surface area contributed by atoms with Crippen molar-refractivity contribution in [3.8, 4) is 11.3 Å². The zero-order valence-electron chi connectivity index (χ0n) is 17.2. The second kappa shape index (κ2) is 7.95. The molecule has 14 heteroatoms. The van der Waals surface area contributed by atoms with Crippen LogP contribution >= 0.6 is 0 Å². The third kappa shape index (κ3) is 3.88. The van der Waals surface area contributed by atoms with Crippen LogP contribution in [0.2, 0.25) is 0 Å². The second-order valence-corrected chi connectivity index (χ2v) is 7.93. The Balaban J connectivity index is 1.64. The number of carbonyl (C=O) groups excluding carboxylic acids is 1. The maximum atomic E-state index is 13.7. The van der Waals surface area contributed by atoms with E-state index in [0.29, 0.717) is 39.1 Å². The van der Waals surface area contributed by atoms with Crippen LogP contribution in [0, 0.1) is 0 Å². The molecule has 1 amide bonds. The molecule has 0 aromatic carbocycles. The van der Waals surface area contributed by atoms with Crippen molar-refractivity contribution >= 4 is 23.8 Å². The van der Waals surface area contributed by atoms with Crippen LogP contribution in [0.3, 0.4) is 0 Å². The van der Waals surface area contributed by atoms with E-state index in [0.717, 1.165) is 6.20 Å². The molecule has 33 heavy (non-hydrogen) atoms. The molecule has 2 aromatic heterocycles. The molecule has 5 rings (SSSR count). The summed E-state index contributed by atoms with van der Waals surface area (Å²) in [5.41, 5.74) is 3.63. The maximum absolute atomic E-state index is 13.7. The Hall–Kier alpha value is -3.26. The monoisotopic (exact) mass is 467 g/mol. The van der Waals surface area contributed by atoms with Gasteiger partial charge in [0.05, 0.1) is 31.1 Å². The van der Waals surface area contributed by atoms with Crippen molar-refractivity contribution in [3.63, 3.8) is 0 Å². The van der Waals surface area contributed by atoms with Gasteiger partial charge in [0.2, 0.25) is 11.9 Å². The number of halogens is 3. The zero-order valence-corrected chi connectivity index (χ0v) is 17.2. The van der Waals surface area contributed by atoms with Crippen LogP contribution in [0.1, 0.15) is 18.5 Å². The average molecular weight is 467 g/mol. The van der Waals surface area contributed by atoms with E-state index in [2.05, 4.69) is 19.9 Å². The Kier molecular flexibility index (Phi) is 5.20. The van der Waals surface area contributed by atoms with E-state index in [1.165, 1.54) is 11.0 Å². The first-order chi connectivity index (χ1) is 15.7. The van der Waals surface area contributed by atoms with Crippen LogP contribution < -0.4 is 15.5 Å². The lowest BCUT2D eigenvalue weighted by Gasteiger charge is -2.28. The lowest BCUT2D eigenvalue weighted by Crippen LogP contribution is -2.39. The number of aromatic nitrogens is 4. The van der Waals surface area contributed by atoms with Crippen molar-refractivity contribution in [3.05, 3.63) is 18.0 Å². The first-order valence-electron chi connectivity index (χ1n) is 10.3. The predicted octanol–water partition coefficient (Wildman–Crippen LogP) is 1.22. The van der Waals surface area contributed by atoms with Crippen molar-refractivity contribution in [2.24, 2.45) is 0 Å². The normalized spacial score (nSPS) is 25.3. The number of morpholine rings is 1. The van der Waals surface area contributed by atoms with E-state index >= 15 is 0 Å². The molecule has 0 bridgehead atoms. The van der Waals surface area contributed by atoms with E-state index in [4.69, 9.17) is 15.2 Å². The number of nitrogens with two attached hydrogens (primary N) is 1. The fourth-order valence-electron chi connectivity index (χ4n) is 4.32. The topological polar surface area (TPSA) is 140 Å². The number of aliphatic hydroxyl groups is 1. The third-order valence-electron chi connectivity index (χ3n) is 5.88. The Morgan fingerprint density at radius 2 is 1.91 bits per heavy atom. The van der Waals surface area contributed by atoms with Gasteiger partial charge in [0, 0.05) is 30.9 Å². The van der Waals surface area contributed by atoms with Gasteiger partial charge in [0.1, 0.15) is 5.82 Å². The maximum Gasteiger partial charge on any atom is 0.434 e. The van der Waals surface area contributed by atoms with Gasteiger partial charge in [-0.15, -0.1) is 0 Å². The van der Waals surface area contributed by atoms with Crippen LogP contribution in [0.15, 0.2) is 12.3 Å². The summed E-state index contributed by atoms with van der Waals surface area (Å²) >= 11 is 0. The van der Waals surface area contributed by atoms with Crippen molar-refractivity contribution in [2.75, 3.05) is 41.8 Å². The van der Waals surface area contributed by atoms with Crippen molar-refractivity contribution < 1.29 is 32.5 Å². The largest absolute Gasteiger partial charge is 0.441 e. The molecule has 3 aliphatic rings. The zero-order chi connectivity index (χ0) is 23.3.